The molecule has 0 N–H and O–H groups in total. The summed E-state index contributed by atoms with van der Waals surface area (Å²) in [4.78, 5) is 0. The van der Waals surface area contributed by atoms with Crippen molar-refractivity contribution in [2.24, 2.45) is 5.41 Å². The Bertz CT molecular complexity index is 400. The molecule has 0 amide bonds. The summed E-state index contributed by atoms with van der Waals surface area (Å²) in [7, 11) is 0. The molecule has 1 aromatic carbocycles. The SMILES string of the molecule is CC(C)(C)C1OCC(c2ccccc2)=C1F. The standard InChI is InChI=1S/C14H17FO/c1-14(2,3)13-12(15)11(9-16-13)10-7-5-4-6-8-10/h4-8,13H,9H2,1-3H3. The molecular formula is C14H17FO. The van der Waals surface area contributed by atoms with Crippen molar-refractivity contribution in [3.05, 3.63) is 41.7 Å². The van der Waals surface area contributed by atoms with Gasteiger partial charge in [-0.25, -0.2) is 4.39 Å². The van der Waals surface area contributed by atoms with Crippen LogP contribution in [0.1, 0.15) is 26.3 Å². The highest BCUT2D eigenvalue weighted by molar-refractivity contribution is 5.70. The molecule has 86 valence electrons. The van der Waals surface area contributed by atoms with Crippen molar-refractivity contribution >= 4 is 5.57 Å². The normalized spacial score (nSPS) is 21.6. The second-order valence-electron chi connectivity index (χ2n) is 5.25. The lowest BCUT2D eigenvalue weighted by Crippen LogP contribution is -2.26. The molecule has 1 unspecified atom stereocenters. The maximum Gasteiger partial charge on any atom is 0.135 e. The Labute approximate surface area is 95.9 Å². The number of hydrogen-bond donors (Lipinski definition) is 0. The van der Waals surface area contributed by atoms with E-state index in [9.17, 15) is 4.39 Å². The topological polar surface area (TPSA) is 9.23 Å². The summed E-state index contributed by atoms with van der Waals surface area (Å²) in [5.74, 6) is -0.112. The molecule has 0 bridgehead atoms. The molecule has 0 saturated heterocycles. The van der Waals surface area contributed by atoms with Crippen LogP contribution < -0.4 is 0 Å². The largest absolute Gasteiger partial charge is 0.366 e. The Morgan fingerprint density at radius 3 is 2.31 bits per heavy atom. The fourth-order valence-electron chi connectivity index (χ4n) is 1.96. The van der Waals surface area contributed by atoms with Crippen LogP contribution in [0.3, 0.4) is 0 Å². The van der Waals surface area contributed by atoms with Crippen molar-refractivity contribution in [2.75, 3.05) is 6.61 Å². The van der Waals surface area contributed by atoms with Crippen LogP contribution >= 0.6 is 0 Å². The fourth-order valence-corrected chi connectivity index (χ4v) is 1.96. The van der Waals surface area contributed by atoms with Gasteiger partial charge in [0.25, 0.3) is 0 Å². The molecule has 0 aliphatic carbocycles. The van der Waals surface area contributed by atoms with Crippen molar-refractivity contribution in [3.63, 3.8) is 0 Å². The van der Waals surface area contributed by atoms with E-state index < -0.39 is 6.10 Å². The van der Waals surface area contributed by atoms with E-state index in [-0.39, 0.29) is 11.2 Å². The van der Waals surface area contributed by atoms with Gasteiger partial charge in [0.15, 0.2) is 0 Å². The van der Waals surface area contributed by atoms with E-state index in [1.54, 1.807) is 0 Å². The van der Waals surface area contributed by atoms with Crippen LogP contribution in [0, 0.1) is 5.41 Å². The zero-order valence-corrected chi connectivity index (χ0v) is 9.96. The second-order valence-corrected chi connectivity index (χ2v) is 5.25. The average molecular weight is 220 g/mol. The zero-order chi connectivity index (χ0) is 11.8. The van der Waals surface area contributed by atoms with E-state index in [4.69, 9.17) is 4.74 Å². The minimum Gasteiger partial charge on any atom is -0.366 e. The first-order chi connectivity index (χ1) is 7.50. The summed E-state index contributed by atoms with van der Waals surface area (Å²) < 4.78 is 19.7. The quantitative estimate of drug-likeness (QED) is 0.699. The highest BCUT2D eigenvalue weighted by atomic mass is 19.1. The van der Waals surface area contributed by atoms with Gasteiger partial charge >= 0.3 is 0 Å². The van der Waals surface area contributed by atoms with Crippen LogP contribution in [-0.2, 0) is 4.74 Å². The van der Waals surface area contributed by atoms with Gasteiger partial charge in [-0.15, -0.1) is 0 Å². The van der Waals surface area contributed by atoms with Crippen molar-refractivity contribution < 1.29 is 9.13 Å². The van der Waals surface area contributed by atoms with Crippen molar-refractivity contribution in [2.45, 2.75) is 26.9 Å². The van der Waals surface area contributed by atoms with Gasteiger partial charge in [0, 0.05) is 5.57 Å². The van der Waals surface area contributed by atoms with E-state index >= 15 is 0 Å². The number of benzene rings is 1. The lowest BCUT2D eigenvalue weighted by atomic mass is 9.87. The first-order valence-electron chi connectivity index (χ1n) is 5.55. The molecule has 16 heavy (non-hydrogen) atoms. The van der Waals surface area contributed by atoms with Crippen LogP contribution in [-0.4, -0.2) is 12.7 Å². The lowest BCUT2D eigenvalue weighted by Gasteiger charge is -2.25. The smallest absolute Gasteiger partial charge is 0.135 e. The molecule has 0 spiro atoms. The third-order valence-electron chi connectivity index (χ3n) is 2.82. The molecule has 0 radical (unpaired) electrons. The van der Waals surface area contributed by atoms with Crippen molar-refractivity contribution in [1.82, 2.24) is 0 Å². The minimum atomic E-state index is -0.414. The van der Waals surface area contributed by atoms with E-state index in [2.05, 4.69) is 0 Å². The molecule has 1 aliphatic rings. The monoisotopic (exact) mass is 220 g/mol. The molecule has 1 atom stereocenters. The van der Waals surface area contributed by atoms with Gasteiger partial charge < -0.3 is 4.74 Å². The van der Waals surface area contributed by atoms with E-state index in [0.29, 0.717) is 12.2 Å². The van der Waals surface area contributed by atoms with E-state index in [1.807, 2.05) is 51.1 Å². The van der Waals surface area contributed by atoms with Crippen LogP contribution in [0.2, 0.25) is 0 Å². The Kier molecular flexibility index (Phi) is 2.85. The third-order valence-corrected chi connectivity index (χ3v) is 2.82. The van der Waals surface area contributed by atoms with Gasteiger partial charge in [-0.3, -0.25) is 0 Å². The molecular weight excluding hydrogens is 203 g/mol. The van der Waals surface area contributed by atoms with Gasteiger partial charge in [0.05, 0.1) is 6.61 Å². The summed E-state index contributed by atoms with van der Waals surface area (Å²) in [6.45, 7) is 6.35. The van der Waals surface area contributed by atoms with E-state index in [0.717, 1.165) is 5.56 Å². The lowest BCUT2D eigenvalue weighted by molar-refractivity contribution is 0.0298. The third kappa shape index (κ3) is 2.03. The Hall–Kier alpha value is -1.15. The number of hydrogen-bond acceptors (Lipinski definition) is 1. The molecule has 2 rings (SSSR count). The van der Waals surface area contributed by atoms with Gasteiger partial charge in [0.1, 0.15) is 11.9 Å². The number of rotatable bonds is 1. The summed E-state index contributed by atoms with van der Waals surface area (Å²) in [6, 6.07) is 9.60. The molecule has 1 aliphatic heterocycles. The molecule has 0 fully saturated rings. The maximum absolute atomic E-state index is 14.2. The van der Waals surface area contributed by atoms with Gasteiger partial charge in [-0.2, -0.15) is 0 Å². The van der Waals surface area contributed by atoms with Gasteiger partial charge in [-0.1, -0.05) is 51.1 Å². The van der Waals surface area contributed by atoms with Gasteiger partial charge in [0.2, 0.25) is 0 Å². The molecule has 1 heterocycles. The maximum atomic E-state index is 14.2. The van der Waals surface area contributed by atoms with Crippen molar-refractivity contribution in [3.8, 4) is 0 Å². The average Bonchev–Trinajstić information content (AvgIpc) is 2.61. The Morgan fingerprint density at radius 2 is 1.81 bits per heavy atom. The zero-order valence-electron chi connectivity index (χ0n) is 9.96. The minimum absolute atomic E-state index is 0.112. The van der Waals surface area contributed by atoms with Crippen LogP contribution in [0.25, 0.3) is 5.57 Å². The predicted octanol–water partition coefficient (Wildman–Crippen LogP) is 3.81. The summed E-state index contributed by atoms with van der Waals surface area (Å²) >= 11 is 0. The van der Waals surface area contributed by atoms with Gasteiger partial charge in [-0.05, 0) is 11.0 Å². The summed E-state index contributed by atoms with van der Waals surface area (Å²) in [6.07, 6.45) is -0.414. The molecule has 2 heteroatoms. The number of halogens is 1. The van der Waals surface area contributed by atoms with Crippen LogP contribution in [0.4, 0.5) is 4.39 Å². The Morgan fingerprint density at radius 1 is 1.19 bits per heavy atom. The first kappa shape index (κ1) is 11.3. The molecule has 1 aromatic rings. The second kappa shape index (κ2) is 4.02. The highest BCUT2D eigenvalue weighted by Crippen LogP contribution is 2.38. The molecule has 0 saturated carbocycles. The van der Waals surface area contributed by atoms with Crippen LogP contribution in [0.5, 0.6) is 0 Å². The fraction of sp³-hybridized carbons (Fsp3) is 0.429. The predicted molar refractivity (Wildman–Crippen MR) is 63.7 cm³/mol. The summed E-state index contributed by atoms with van der Waals surface area (Å²) in [5, 5.41) is 0. The molecule has 1 nitrogen and oxygen atoms in total. The number of ether oxygens (including phenoxy) is 1. The van der Waals surface area contributed by atoms with Crippen LogP contribution in [0.15, 0.2) is 36.2 Å². The first-order valence-corrected chi connectivity index (χ1v) is 5.55. The highest BCUT2D eigenvalue weighted by Gasteiger charge is 2.36. The summed E-state index contributed by atoms with van der Waals surface area (Å²) in [5.41, 5.74) is 1.42. The Balaban J connectivity index is 2.34. The van der Waals surface area contributed by atoms with E-state index in [1.165, 1.54) is 0 Å². The van der Waals surface area contributed by atoms with Crippen molar-refractivity contribution in [1.29, 1.82) is 0 Å². The molecule has 0 aromatic heterocycles.